The number of hydrogen-bond donors (Lipinski definition) is 1. The van der Waals surface area contributed by atoms with Gasteiger partial charge in [0.25, 0.3) is 0 Å². The zero-order chi connectivity index (χ0) is 22.1. The molecule has 0 amide bonds. The molecule has 6 nitrogen and oxygen atoms in total. The fourth-order valence-corrected chi connectivity index (χ4v) is 6.51. The van der Waals surface area contributed by atoms with Gasteiger partial charge >= 0.3 is 11.9 Å². The third-order valence-corrected chi connectivity index (χ3v) is 7.79. The van der Waals surface area contributed by atoms with E-state index in [1.54, 1.807) is 6.08 Å². The van der Waals surface area contributed by atoms with E-state index in [1.807, 2.05) is 13.8 Å². The van der Waals surface area contributed by atoms with Crippen molar-refractivity contribution in [1.82, 2.24) is 0 Å². The summed E-state index contributed by atoms with van der Waals surface area (Å²) in [4.78, 5) is 23.5. The molecular weight excluding hydrogens is 396 g/mol. The maximum absolute atomic E-state index is 12.0. The summed E-state index contributed by atoms with van der Waals surface area (Å²) in [7, 11) is 0. The topological polar surface area (TPSA) is 82.1 Å². The number of rotatable bonds is 1. The van der Waals surface area contributed by atoms with Gasteiger partial charge in [-0.05, 0) is 61.4 Å². The summed E-state index contributed by atoms with van der Waals surface area (Å²) < 4.78 is 17.2. The molecule has 2 heterocycles. The quantitative estimate of drug-likeness (QED) is 0.696. The Morgan fingerprint density at radius 1 is 1.26 bits per heavy atom. The van der Waals surface area contributed by atoms with Crippen LogP contribution in [0.15, 0.2) is 24.3 Å². The Labute approximate surface area is 182 Å². The van der Waals surface area contributed by atoms with Gasteiger partial charge in [-0.2, -0.15) is 0 Å². The van der Waals surface area contributed by atoms with Crippen molar-refractivity contribution in [2.24, 2.45) is 11.8 Å². The van der Waals surface area contributed by atoms with Crippen molar-refractivity contribution in [3.05, 3.63) is 46.5 Å². The Morgan fingerprint density at radius 3 is 2.77 bits per heavy atom. The van der Waals surface area contributed by atoms with Gasteiger partial charge in [-0.1, -0.05) is 19.1 Å². The minimum Gasteiger partial charge on any atom is -0.456 e. The molecule has 31 heavy (non-hydrogen) atoms. The van der Waals surface area contributed by atoms with E-state index in [4.69, 9.17) is 14.2 Å². The van der Waals surface area contributed by atoms with Crippen LogP contribution in [0.25, 0.3) is 0 Å². The summed E-state index contributed by atoms with van der Waals surface area (Å²) in [6.07, 6.45) is 5.33. The molecule has 2 aliphatic heterocycles. The zero-order valence-corrected chi connectivity index (χ0v) is 18.5. The number of fused-ring (bicyclic) bond motifs is 6. The lowest BCUT2D eigenvalue weighted by atomic mass is 9.73. The van der Waals surface area contributed by atoms with Crippen LogP contribution in [-0.4, -0.2) is 40.6 Å². The summed E-state index contributed by atoms with van der Waals surface area (Å²) in [5.74, 6) is -0.617. The summed E-state index contributed by atoms with van der Waals surface area (Å²) in [6.45, 7) is 7.28. The van der Waals surface area contributed by atoms with Gasteiger partial charge in [-0.3, -0.25) is 4.79 Å². The van der Waals surface area contributed by atoms with Crippen LogP contribution in [0.1, 0.15) is 62.3 Å². The first-order valence-corrected chi connectivity index (χ1v) is 11.2. The number of aliphatic hydroxyl groups is 1. The second kappa shape index (κ2) is 6.91. The highest BCUT2D eigenvalue weighted by atomic mass is 16.7. The minimum atomic E-state index is -1.13. The predicted molar refractivity (Wildman–Crippen MR) is 112 cm³/mol. The second-order valence-corrected chi connectivity index (χ2v) is 10.1. The number of ether oxygens (including phenoxy) is 3. The summed E-state index contributed by atoms with van der Waals surface area (Å²) in [5.41, 5.74) is 3.13. The SMILES string of the molecule is CC(=O)O[C@H]1O[C@@H]2Cc3c(ccc4c3CC[C@H]3C(C)(C)OC(=O)C=C[C@@]3(O)C4)[C@@H]2[C@@H]1C. The van der Waals surface area contributed by atoms with Gasteiger partial charge in [0.05, 0.1) is 11.7 Å². The van der Waals surface area contributed by atoms with E-state index in [2.05, 4.69) is 19.1 Å². The number of carbonyl (C=O) groups is 2. The van der Waals surface area contributed by atoms with Crippen LogP contribution in [-0.2, 0) is 43.1 Å². The number of carbonyl (C=O) groups excluding carboxylic acids is 2. The van der Waals surface area contributed by atoms with Crippen LogP contribution < -0.4 is 0 Å². The molecule has 6 atom stereocenters. The molecule has 0 aromatic heterocycles. The molecule has 0 unspecified atom stereocenters. The maximum Gasteiger partial charge on any atom is 0.331 e. The first-order valence-electron chi connectivity index (χ1n) is 11.2. The number of cyclic esters (lactones) is 1. The number of benzene rings is 1. The number of hydrogen-bond acceptors (Lipinski definition) is 6. The smallest absolute Gasteiger partial charge is 0.331 e. The molecule has 1 aromatic carbocycles. The molecule has 4 aliphatic rings. The third kappa shape index (κ3) is 3.23. The van der Waals surface area contributed by atoms with Crippen LogP contribution in [0, 0.1) is 11.8 Å². The van der Waals surface area contributed by atoms with Crippen molar-refractivity contribution < 1.29 is 28.9 Å². The lowest BCUT2D eigenvalue weighted by Crippen LogP contribution is -2.49. The molecule has 0 saturated carbocycles. The number of esters is 2. The van der Waals surface area contributed by atoms with Crippen molar-refractivity contribution in [1.29, 1.82) is 0 Å². The summed E-state index contributed by atoms with van der Waals surface area (Å²) >= 11 is 0. The monoisotopic (exact) mass is 426 g/mol. The highest BCUT2D eigenvalue weighted by Gasteiger charge is 2.52. The lowest BCUT2D eigenvalue weighted by molar-refractivity contribution is -0.178. The van der Waals surface area contributed by atoms with E-state index in [9.17, 15) is 14.7 Å². The molecule has 1 N–H and O–H groups in total. The van der Waals surface area contributed by atoms with Gasteiger partial charge in [-0.15, -0.1) is 0 Å². The standard InChI is InChI=1S/C25H30O6/c1-13-22-17-6-5-15-12-25(28)10-9-21(27)31-24(3,4)20(25)8-7-16(15)18(17)11-19(22)30-23(13)29-14(2)26/h5-6,9-10,13,19-20,22-23,28H,7-8,11-12H2,1-4H3/t13-,19+,20-,22-,23-,25+/m0/s1. The van der Waals surface area contributed by atoms with Gasteiger partial charge in [0, 0.05) is 37.2 Å². The van der Waals surface area contributed by atoms with E-state index >= 15 is 0 Å². The largest absolute Gasteiger partial charge is 0.456 e. The molecule has 2 aliphatic carbocycles. The minimum absolute atomic E-state index is 0.00922. The summed E-state index contributed by atoms with van der Waals surface area (Å²) in [6, 6.07) is 4.28. The van der Waals surface area contributed by atoms with Crippen molar-refractivity contribution >= 4 is 11.9 Å². The first-order chi connectivity index (χ1) is 14.6. The normalized spacial score (nSPS) is 37.6. The van der Waals surface area contributed by atoms with Crippen molar-refractivity contribution in [2.45, 2.75) is 82.9 Å². The molecule has 1 saturated heterocycles. The molecule has 6 heteroatoms. The van der Waals surface area contributed by atoms with Crippen molar-refractivity contribution in [2.75, 3.05) is 0 Å². The fourth-order valence-electron chi connectivity index (χ4n) is 6.51. The van der Waals surface area contributed by atoms with Gasteiger partial charge in [0.15, 0.2) is 0 Å². The molecule has 166 valence electrons. The van der Waals surface area contributed by atoms with Crippen LogP contribution in [0.5, 0.6) is 0 Å². The Kier molecular flexibility index (Phi) is 4.61. The molecule has 1 fully saturated rings. The third-order valence-electron chi connectivity index (χ3n) is 7.79. The average molecular weight is 427 g/mol. The Bertz CT molecular complexity index is 978. The van der Waals surface area contributed by atoms with E-state index in [-0.39, 0.29) is 29.8 Å². The molecule has 0 radical (unpaired) electrons. The van der Waals surface area contributed by atoms with E-state index in [0.29, 0.717) is 6.42 Å². The highest BCUT2D eigenvalue weighted by molar-refractivity contribution is 5.83. The van der Waals surface area contributed by atoms with Crippen molar-refractivity contribution in [3.8, 4) is 0 Å². The van der Waals surface area contributed by atoms with Gasteiger partial charge in [0.2, 0.25) is 6.29 Å². The van der Waals surface area contributed by atoms with Gasteiger partial charge in [-0.25, -0.2) is 4.79 Å². The Hall–Kier alpha value is -2.18. The van der Waals surface area contributed by atoms with Crippen LogP contribution >= 0.6 is 0 Å². The van der Waals surface area contributed by atoms with Crippen LogP contribution in [0.3, 0.4) is 0 Å². The van der Waals surface area contributed by atoms with Crippen LogP contribution in [0.2, 0.25) is 0 Å². The molecule has 1 aromatic rings. The van der Waals surface area contributed by atoms with Crippen LogP contribution in [0.4, 0.5) is 0 Å². The zero-order valence-electron chi connectivity index (χ0n) is 18.5. The molecule has 0 spiro atoms. The Morgan fingerprint density at radius 2 is 2.03 bits per heavy atom. The molecular formula is C25H30O6. The van der Waals surface area contributed by atoms with E-state index in [0.717, 1.165) is 24.8 Å². The predicted octanol–water partition coefficient (Wildman–Crippen LogP) is 2.98. The van der Waals surface area contributed by atoms with E-state index in [1.165, 1.54) is 29.7 Å². The first kappa shape index (κ1) is 20.7. The maximum atomic E-state index is 12.0. The highest BCUT2D eigenvalue weighted by Crippen LogP contribution is 2.51. The summed E-state index contributed by atoms with van der Waals surface area (Å²) in [5, 5.41) is 11.6. The van der Waals surface area contributed by atoms with Crippen molar-refractivity contribution in [3.63, 3.8) is 0 Å². The molecule has 5 rings (SSSR count). The molecule has 0 bridgehead atoms. The van der Waals surface area contributed by atoms with E-state index < -0.39 is 23.5 Å². The fraction of sp³-hybridized carbons (Fsp3) is 0.600. The van der Waals surface area contributed by atoms with Gasteiger partial charge < -0.3 is 19.3 Å². The lowest BCUT2D eigenvalue weighted by Gasteiger charge is -2.40. The average Bonchev–Trinajstić information content (AvgIpc) is 3.08. The Balaban J connectivity index is 1.50. The second-order valence-electron chi connectivity index (χ2n) is 10.1. The van der Waals surface area contributed by atoms with Gasteiger partial charge in [0.1, 0.15) is 5.60 Å².